The van der Waals surface area contributed by atoms with Gasteiger partial charge in [-0.3, -0.25) is 4.79 Å². The Kier molecular flexibility index (Phi) is 4.54. The fraction of sp³-hybridized carbons (Fsp3) is 0.235. The molecule has 0 unspecified atom stereocenters. The smallest absolute Gasteiger partial charge is 0.261 e. The van der Waals surface area contributed by atoms with E-state index in [2.05, 4.69) is 15.5 Å². The third-order valence-corrected chi connectivity index (χ3v) is 4.53. The first-order valence-corrected chi connectivity index (χ1v) is 8.28. The largest absolute Gasteiger partial charge is 0.494 e. The van der Waals surface area contributed by atoms with Crippen molar-refractivity contribution in [2.75, 3.05) is 12.4 Å². The number of rotatable bonds is 4. The van der Waals surface area contributed by atoms with Crippen LogP contribution in [-0.2, 0) is 0 Å². The van der Waals surface area contributed by atoms with Crippen LogP contribution < -0.4 is 10.1 Å². The lowest BCUT2D eigenvalue weighted by Gasteiger charge is -2.07. The van der Waals surface area contributed by atoms with Crippen LogP contribution >= 0.6 is 11.3 Å². The van der Waals surface area contributed by atoms with E-state index in [0.717, 1.165) is 5.01 Å². The molecule has 2 heterocycles. The lowest BCUT2D eigenvalue weighted by molar-refractivity contribution is 0.102. The molecule has 1 amide bonds. The molecule has 130 valence electrons. The summed E-state index contributed by atoms with van der Waals surface area (Å²) in [4.78, 5) is 17.0. The first-order chi connectivity index (χ1) is 11.9. The Bertz CT molecular complexity index is 929. The van der Waals surface area contributed by atoms with Crippen LogP contribution in [0, 0.1) is 26.6 Å². The SMILES string of the molecule is COc1cc(-c2nc(C)sc2NC(=O)c2c(C)noc2C)ccc1F. The molecule has 1 aromatic carbocycles. The molecule has 0 spiro atoms. The maximum atomic E-state index is 13.6. The van der Waals surface area contributed by atoms with Gasteiger partial charge in [-0.05, 0) is 39.0 Å². The van der Waals surface area contributed by atoms with Gasteiger partial charge in [0.2, 0.25) is 0 Å². The molecule has 0 atom stereocenters. The summed E-state index contributed by atoms with van der Waals surface area (Å²) in [5.74, 6) is -0.220. The van der Waals surface area contributed by atoms with Crippen LogP contribution in [-0.4, -0.2) is 23.2 Å². The van der Waals surface area contributed by atoms with Crippen molar-refractivity contribution in [3.63, 3.8) is 0 Å². The van der Waals surface area contributed by atoms with Crippen molar-refractivity contribution in [2.45, 2.75) is 20.8 Å². The lowest BCUT2D eigenvalue weighted by Crippen LogP contribution is -2.13. The highest BCUT2D eigenvalue weighted by molar-refractivity contribution is 7.16. The van der Waals surface area contributed by atoms with Gasteiger partial charge in [-0.15, -0.1) is 11.3 Å². The van der Waals surface area contributed by atoms with E-state index in [1.54, 1.807) is 26.0 Å². The average molecular weight is 361 g/mol. The van der Waals surface area contributed by atoms with E-state index in [-0.39, 0.29) is 11.7 Å². The maximum Gasteiger partial charge on any atom is 0.261 e. The molecule has 0 saturated heterocycles. The number of nitrogens with one attached hydrogen (secondary N) is 1. The summed E-state index contributed by atoms with van der Waals surface area (Å²) in [6.07, 6.45) is 0. The van der Waals surface area contributed by atoms with Crippen LogP contribution in [0.15, 0.2) is 22.7 Å². The first kappa shape index (κ1) is 17.1. The summed E-state index contributed by atoms with van der Waals surface area (Å²) in [6, 6.07) is 4.45. The van der Waals surface area contributed by atoms with Crippen LogP contribution in [0.25, 0.3) is 11.3 Å². The number of benzene rings is 1. The molecule has 0 fully saturated rings. The maximum absolute atomic E-state index is 13.6. The third kappa shape index (κ3) is 3.25. The molecule has 0 aliphatic rings. The van der Waals surface area contributed by atoms with E-state index in [1.165, 1.54) is 24.5 Å². The third-order valence-electron chi connectivity index (χ3n) is 3.65. The second-order valence-corrected chi connectivity index (χ2v) is 6.62. The predicted octanol–water partition coefficient (Wildman–Crippen LogP) is 4.12. The molecule has 6 nitrogen and oxygen atoms in total. The molecule has 3 aromatic rings. The van der Waals surface area contributed by atoms with Crippen molar-refractivity contribution >= 4 is 22.2 Å². The topological polar surface area (TPSA) is 77.2 Å². The Labute approximate surface area is 147 Å². The molecular weight excluding hydrogens is 345 g/mol. The van der Waals surface area contributed by atoms with E-state index in [0.29, 0.717) is 33.3 Å². The van der Waals surface area contributed by atoms with E-state index in [9.17, 15) is 9.18 Å². The van der Waals surface area contributed by atoms with Gasteiger partial charge < -0.3 is 14.6 Å². The quantitative estimate of drug-likeness (QED) is 0.756. The molecular formula is C17H16FN3O3S. The molecule has 0 radical (unpaired) electrons. The Balaban J connectivity index is 1.98. The number of aromatic nitrogens is 2. The minimum atomic E-state index is -0.459. The van der Waals surface area contributed by atoms with Gasteiger partial charge >= 0.3 is 0 Å². The Morgan fingerprint density at radius 1 is 1.32 bits per heavy atom. The van der Waals surface area contributed by atoms with Gasteiger partial charge in [0.25, 0.3) is 5.91 Å². The summed E-state index contributed by atoms with van der Waals surface area (Å²) < 4.78 is 23.7. The van der Waals surface area contributed by atoms with Crippen LogP contribution in [0.2, 0.25) is 0 Å². The van der Waals surface area contributed by atoms with Crippen molar-refractivity contribution < 1.29 is 18.4 Å². The fourth-order valence-corrected chi connectivity index (χ4v) is 3.32. The van der Waals surface area contributed by atoms with E-state index in [4.69, 9.17) is 9.26 Å². The van der Waals surface area contributed by atoms with Crippen LogP contribution in [0.3, 0.4) is 0 Å². The lowest BCUT2D eigenvalue weighted by atomic mass is 10.1. The monoisotopic (exact) mass is 361 g/mol. The van der Waals surface area contributed by atoms with Gasteiger partial charge in [-0.25, -0.2) is 9.37 Å². The number of hydrogen-bond donors (Lipinski definition) is 1. The molecule has 1 N–H and O–H groups in total. The molecule has 0 aliphatic heterocycles. The highest BCUT2D eigenvalue weighted by Crippen LogP contribution is 2.35. The van der Waals surface area contributed by atoms with Gasteiger partial charge in [-0.2, -0.15) is 0 Å². The molecule has 0 bridgehead atoms. The zero-order valence-corrected chi connectivity index (χ0v) is 15.0. The number of halogens is 1. The minimum Gasteiger partial charge on any atom is -0.494 e. The molecule has 2 aromatic heterocycles. The standard InChI is InChI=1S/C17H16FN3O3S/c1-8-14(9(2)24-21-8)16(22)20-17-15(19-10(3)25-17)11-5-6-12(18)13(7-11)23-4/h5-7H,1-4H3,(H,20,22). The van der Waals surface area contributed by atoms with E-state index < -0.39 is 5.82 Å². The predicted molar refractivity (Wildman–Crippen MR) is 92.7 cm³/mol. The Morgan fingerprint density at radius 2 is 2.08 bits per heavy atom. The number of carbonyl (C=O) groups is 1. The zero-order valence-electron chi connectivity index (χ0n) is 14.1. The van der Waals surface area contributed by atoms with Gasteiger partial charge in [0.1, 0.15) is 22.0 Å². The number of carbonyl (C=O) groups excluding carboxylic acids is 1. The van der Waals surface area contributed by atoms with Gasteiger partial charge in [0.05, 0.1) is 17.8 Å². The number of thiazole rings is 1. The normalized spacial score (nSPS) is 10.8. The van der Waals surface area contributed by atoms with Gasteiger partial charge in [-0.1, -0.05) is 5.16 Å². The van der Waals surface area contributed by atoms with Crippen molar-refractivity contribution in [2.24, 2.45) is 0 Å². The second-order valence-electron chi connectivity index (χ2n) is 5.41. The number of methoxy groups -OCH3 is 1. The molecule has 8 heteroatoms. The fourth-order valence-electron chi connectivity index (χ4n) is 2.49. The van der Waals surface area contributed by atoms with Gasteiger partial charge in [0, 0.05) is 5.56 Å². The van der Waals surface area contributed by atoms with Crippen molar-refractivity contribution in [3.05, 3.63) is 46.0 Å². The number of nitrogens with zero attached hydrogens (tertiary/aromatic N) is 2. The number of hydrogen-bond acceptors (Lipinski definition) is 6. The molecule has 3 rings (SSSR count). The zero-order chi connectivity index (χ0) is 18.1. The number of aryl methyl sites for hydroxylation is 3. The number of anilines is 1. The Morgan fingerprint density at radius 3 is 2.72 bits per heavy atom. The van der Waals surface area contributed by atoms with Crippen LogP contribution in [0.1, 0.15) is 26.8 Å². The van der Waals surface area contributed by atoms with Crippen LogP contribution in [0.4, 0.5) is 9.39 Å². The number of amides is 1. The highest BCUT2D eigenvalue weighted by atomic mass is 32.1. The summed E-state index contributed by atoms with van der Waals surface area (Å²) in [5.41, 5.74) is 2.12. The summed E-state index contributed by atoms with van der Waals surface area (Å²) >= 11 is 1.34. The number of ether oxygens (including phenoxy) is 1. The molecule has 0 aliphatic carbocycles. The van der Waals surface area contributed by atoms with Crippen molar-refractivity contribution in [1.29, 1.82) is 0 Å². The molecule has 25 heavy (non-hydrogen) atoms. The first-order valence-electron chi connectivity index (χ1n) is 7.46. The summed E-state index contributed by atoms with van der Waals surface area (Å²) in [7, 11) is 1.40. The van der Waals surface area contributed by atoms with Crippen molar-refractivity contribution in [3.8, 4) is 17.0 Å². The van der Waals surface area contributed by atoms with Crippen molar-refractivity contribution in [1.82, 2.24) is 10.1 Å². The highest BCUT2D eigenvalue weighted by Gasteiger charge is 2.21. The average Bonchev–Trinajstić information content (AvgIpc) is 3.10. The minimum absolute atomic E-state index is 0.117. The summed E-state index contributed by atoms with van der Waals surface area (Å²) in [5, 5.41) is 7.98. The van der Waals surface area contributed by atoms with E-state index in [1.807, 2.05) is 6.92 Å². The summed E-state index contributed by atoms with van der Waals surface area (Å²) in [6.45, 7) is 5.22. The van der Waals surface area contributed by atoms with Gasteiger partial charge in [0.15, 0.2) is 11.6 Å². The second kappa shape index (κ2) is 6.64. The van der Waals surface area contributed by atoms with E-state index >= 15 is 0 Å². The Hall–Kier alpha value is -2.74. The molecule has 0 saturated carbocycles. The van der Waals surface area contributed by atoms with Crippen LogP contribution in [0.5, 0.6) is 5.75 Å².